The second-order valence-corrected chi connectivity index (χ2v) is 8.00. The smallest absolute Gasteiger partial charge is 0.226 e. The molecule has 2 aromatic rings. The van der Waals surface area contributed by atoms with Gasteiger partial charge in [0.05, 0.1) is 6.04 Å². The molecule has 0 unspecified atom stereocenters. The van der Waals surface area contributed by atoms with E-state index in [9.17, 15) is 9.90 Å². The van der Waals surface area contributed by atoms with Crippen molar-refractivity contribution in [3.63, 3.8) is 0 Å². The number of aromatic hydroxyl groups is 1. The summed E-state index contributed by atoms with van der Waals surface area (Å²) in [5, 5.41) is 9.46. The van der Waals surface area contributed by atoms with Crippen molar-refractivity contribution in [3.05, 3.63) is 51.7 Å². The highest BCUT2D eigenvalue weighted by atomic mass is 32.1. The van der Waals surface area contributed by atoms with Crippen molar-refractivity contribution in [1.29, 1.82) is 0 Å². The van der Waals surface area contributed by atoms with Crippen LogP contribution in [-0.2, 0) is 4.79 Å². The topological polar surface area (TPSA) is 40.5 Å². The van der Waals surface area contributed by atoms with E-state index in [0.29, 0.717) is 11.8 Å². The first-order chi connectivity index (χ1) is 11.1. The molecule has 4 heteroatoms. The van der Waals surface area contributed by atoms with Crippen molar-refractivity contribution in [2.24, 2.45) is 5.92 Å². The molecule has 1 saturated carbocycles. The number of hydrogen-bond acceptors (Lipinski definition) is 3. The van der Waals surface area contributed by atoms with Gasteiger partial charge in [0.2, 0.25) is 5.91 Å². The summed E-state index contributed by atoms with van der Waals surface area (Å²) in [6.07, 6.45) is 3.08. The van der Waals surface area contributed by atoms with Gasteiger partial charge in [0.25, 0.3) is 0 Å². The number of amides is 1. The molecule has 120 valence electrons. The molecular formula is C19H21NO2S. The summed E-state index contributed by atoms with van der Waals surface area (Å²) in [6.45, 7) is 2.98. The Morgan fingerprint density at radius 2 is 2.00 bits per heavy atom. The fourth-order valence-electron chi connectivity index (χ4n) is 3.72. The normalized spacial score (nSPS) is 26.5. The van der Waals surface area contributed by atoms with E-state index in [1.165, 1.54) is 9.75 Å². The van der Waals surface area contributed by atoms with Crippen molar-refractivity contribution < 1.29 is 9.90 Å². The van der Waals surface area contributed by atoms with E-state index in [4.69, 9.17) is 0 Å². The van der Waals surface area contributed by atoms with Crippen LogP contribution in [0, 0.1) is 12.8 Å². The van der Waals surface area contributed by atoms with Crippen molar-refractivity contribution >= 4 is 17.2 Å². The molecule has 3 atom stereocenters. The molecule has 0 bridgehead atoms. The monoisotopic (exact) mass is 327 g/mol. The van der Waals surface area contributed by atoms with Crippen LogP contribution in [0.3, 0.4) is 0 Å². The predicted octanol–water partition coefficient (Wildman–Crippen LogP) is 4.23. The zero-order chi connectivity index (χ0) is 16.0. The first-order valence-electron chi connectivity index (χ1n) is 8.29. The van der Waals surface area contributed by atoms with Crippen LogP contribution in [0.4, 0.5) is 0 Å². The number of hydrogen-bond donors (Lipinski definition) is 1. The SMILES string of the molecule is Cc1ccc([C@@H]2C[C@H]2C(=O)N2CCC[C@H]2c2ccc(O)cc2)s1. The number of rotatable bonds is 3. The van der Waals surface area contributed by atoms with Crippen molar-refractivity contribution in [3.8, 4) is 5.75 Å². The molecule has 2 heterocycles. The molecule has 1 N–H and O–H groups in total. The van der Waals surface area contributed by atoms with E-state index in [2.05, 4.69) is 24.0 Å². The fourth-order valence-corrected chi connectivity index (χ4v) is 4.78. The number of carbonyl (C=O) groups is 1. The van der Waals surface area contributed by atoms with Crippen LogP contribution >= 0.6 is 11.3 Å². The summed E-state index contributed by atoms with van der Waals surface area (Å²) >= 11 is 1.82. The van der Waals surface area contributed by atoms with Gasteiger partial charge in [-0.25, -0.2) is 0 Å². The van der Waals surface area contributed by atoms with Gasteiger partial charge in [-0.05, 0) is 56.0 Å². The Kier molecular flexibility index (Phi) is 3.64. The lowest BCUT2D eigenvalue weighted by molar-refractivity contribution is -0.133. The summed E-state index contributed by atoms with van der Waals surface area (Å²) in [5.74, 6) is 1.20. The Balaban J connectivity index is 1.49. The van der Waals surface area contributed by atoms with E-state index in [1.54, 1.807) is 12.1 Å². The molecule has 0 spiro atoms. The highest BCUT2D eigenvalue weighted by Gasteiger charge is 2.48. The Morgan fingerprint density at radius 3 is 2.70 bits per heavy atom. The molecule has 1 aromatic heterocycles. The standard InChI is InChI=1S/C19H21NO2S/c1-12-4-9-18(23-12)15-11-16(15)19(22)20-10-2-3-17(20)13-5-7-14(21)8-6-13/h4-9,15-17,21H,2-3,10-11H2,1H3/t15-,16-,17+/m1/s1. The van der Waals surface area contributed by atoms with E-state index in [0.717, 1.165) is 31.4 Å². The lowest BCUT2D eigenvalue weighted by Gasteiger charge is -2.25. The van der Waals surface area contributed by atoms with Crippen LogP contribution in [0.25, 0.3) is 0 Å². The molecule has 2 fully saturated rings. The van der Waals surface area contributed by atoms with Crippen LogP contribution < -0.4 is 0 Å². The number of nitrogens with zero attached hydrogens (tertiary/aromatic N) is 1. The number of carbonyl (C=O) groups excluding carboxylic acids is 1. The average molecular weight is 327 g/mol. The number of aryl methyl sites for hydroxylation is 1. The minimum absolute atomic E-state index is 0.172. The Bertz CT molecular complexity index is 721. The zero-order valence-electron chi connectivity index (χ0n) is 13.2. The Labute approximate surface area is 140 Å². The number of thiophene rings is 1. The summed E-state index contributed by atoms with van der Waals surface area (Å²) in [4.78, 5) is 17.7. The second kappa shape index (κ2) is 5.68. The number of phenols is 1. The van der Waals surface area contributed by atoms with Gasteiger partial charge in [-0.15, -0.1) is 11.3 Å². The lowest BCUT2D eigenvalue weighted by atomic mass is 10.0. The van der Waals surface area contributed by atoms with Gasteiger partial charge in [-0.2, -0.15) is 0 Å². The van der Waals surface area contributed by atoms with Crippen molar-refractivity contribution in [2.75, 3.05) is 6.54 Å². The van der Waals surface area contributed by atoms with Gasteiger partial charge in [0.1, 0.15) is 5.75 Å². The quantitative estimate of drug-likeness (QED) is 0.916. The third-order valence-corrected chi connectivity index (χ3v) is 6.18. The summed E-state index contributed by atoms with van der Waals surface area (Å²) in [7, 11) is 0. The molecule has 1 aliphatic heterocycles. The van der Waals surface area contributed by atoms with Gasteiger partial charge < -0.3 is 10.0 Å². The maximum atomic E-state index is 12.9. The van der Waals surface area contributed by atoms with Gasteiger partial charge in [-0.3, -0.25) is 4.79 Å². The maximum Gasteiger partial charge on any atom is 0.226 e. The van der Waals surface area contributed by atoms with Crippen LogP contribution in [0.1, 0.15) is 46.5 Å². The molecule has 1 amide bonds. The predicted molar refractivity (Wildman–Crippen MR) is 91.7 cm³/mol. The molecule has 23 heavy (non-hydrogen) atoms. The fraction of sp³-hybridized carbons (Fsp3) is 0.421. The van der Waals surface area contributed by atoms with Crippen LogP contribution in [0.5, 0.6) is 5.75 Å². The first kappa shape index (κ1) is 14.8. The van der Waals surface area contributed by atoms with E-state index in [1.807, 2.05) is 23.5 Å². The second-order valence-electron chi connectivity index (χ2n) is 6.68. The minimum Gasteiger partial charge on any atom is -0.508 e. The highest BCUT2D eigenvalue weighted by molar-refractivity contribution is 7.12. The van der Waals surface area contributed by atoms with E-state index in [-0.39, 0.29) is 17.7 Å². The third kappa shape index (κ3) is 2.76. The van der Waals surface area contributed by atoms with Crippen LogP contribution in [0.2, 0.25) is 0 Å². The van der Waals surface area contributed by atoms with Gasteiger partial charge in [-0.1, -0.05) is 12.1 Å². The van der Waals surface area contributed by atoms with Crippen LogP contribution in [0.15, 0.2) is 36.4 Å². The molecule has 1 saturated heterocycles. The molecule has 4 rings (SSSR count). The maximum absolute atomic E-state index is 12.9. The molecule has 1 aromatic carbocycles. The number of phenolic OH excluding ortho intramolecular Hbond substituents is 1. The van der Waals surface area contributed by atoms with Gasteiger partial charge in [0, 0.05) is 28.1 Å². The van der Waals surface area contributed by atoms with E-state index >= 15 is 0 Å². The highest BCUT2D eigenvalue weighted by Crippen LogP contribution is 2.51. The average Bonchev–Trinajstić information content (AvgIpc) is 2.98. The Morgan fingerprint density at radius 1 is 1.22 bits per heavy atom. The molecule has 1 aliphatic carbocycles. The number of benzene rings is 1. The van der Waals surface area contributed by atoms with Gasteiger partial charge >= 0.3 is 0 Å². The molecule has 3 nitrogen and oxygen atoms in total. The number of likely N-dealkylation sites (tertiary alicyclic amines) is 1. The van der Waals surface area contributed by atoms with Crippen molar-refractivity contribution in [2.45, 2.75) is 38.1 Å². The molecule has 2 aliphatic rings. The third-order valence-electron chi connectivity index (χ3n) is 5.05. The summed E-state index contributed by atoms with van der Waals surface area (Å²) in [6, 6.07) is 11.8. The van der Waals surface area contributed by atoms with E-state index < -0.39 is 0 Å². The Hall–Kier alpha value is -1.81. The molecule has 0 radical (unpaired) electrons. The first-order valence-corrected chi connectivity index (χ1v) is 9.11. The minimum atomic E-state index is 0.172. The summed E-state index contributed by atoms with van der Waals surface area (Å²) < 4.78 is 0. The molecular weight excluding hydrogens is 306 g/mol. The van der Waals surface area contributed by atoms with Crippen molar-refractivity contribution in [1.82, 2.24) is 4.90 Å². The zero-order valence-corrected chi connectivity index (χ0v) is 14.1. The van der Waals surface area contributed by atoms with Crippen LogP contribution in [-0.4, -0.2) is 22.5 Å². The van der Waals surface area contributed by atoms with Gasteiger partial charge in [0.15, 0.2) is 0 Å². The summed E-state index contributed by atoms with van der Waals surface area (Å²) in [5.41, 5.74) is 1.14. The largest absolute Gasteiger partial charge is 0.508 e. The lowest BCUT2D eigenvalue weighted by Crippen LogP contribution is -2.32.